The van der Waals surface area contributed by atoms with E-state index in [-0.39, 0.29) is 4.90 Å². The number of sulfonamides is 1. The fourth-order valence-electron chi connectivity index (χ4n) is 1.35. The largest absolute Gasteiger partial charge is 0.275 e. The fraction of sp³-hybridized carbons (Fsp3) is 0. The summed E-state index contributed by atoms with van der Waals surface area (Å²) in [5.74, 6) is -2.25. The molecule has 0 aliphatic heterocycles. The van der Waals surface area contributed by atoms with E-state index in [0.717, 1.165) is 12.1 Å². The van der Waals surface area contributed by atoms with Crippen LogP contribution in [0.4, 0.5) is 14.5 Å². The van der Waals surface area contributed by atoms with Crippen LogP contribution in [-0.4, -0.2) is 13.4 Å². The first-order chi connectivity index (χ1) is 8.90. The Morgan fingerprint density at radius 3 is 2.42 bits per heavy atom. The molecule has 100 valence electrons. The monoisotopic (exact) mass is 348 g/mol. The molecule has 2 rings (SSSR count). The van der Waals surface area contributed by atoms with Crippen LogP contribution < -0.4 is 4.72 Å². The van der Waals surface area contributed by atoms with Crippen molar-refractivity contribution >= 4 is 31.6 Å². The lowest BCUT2D eigenvalue weighted by Crippen LogP contribution is -2.15. The lowest BCUT2D eigenvalue weighted by atomic mass is 10.4. The second-order valence-electron chi connectivity index (χ2n) is 3.51. The molecule has 0 amide bonds. The molecule has 0 fully saturated rings. The van der Waals surface area contributed by atoms with Crippen LogP contribution in [0.2, 0.25) is 0 Å². The van der Waals surface area contributed by atoms with Crippen LogP contribution in [0.25, 0.3) is 0 Å². The van der Waals surface area contributed by atoms with E-state index in [0.29, 0.717) is 4.47 Å². The van der Waals surface area contributed by atoms with Crippen LogP contribution in [0.5, 0.6) is 0 Å². The van der Waals surface area contributed by atoms with E-state index in [1.54, 1.807) is 6.07 Å². The minimum atomic E-state index is -3.98. The summed E-state index contributed by atoms with van der Waals surface area (Å²) in [5.41, 5.74) is -0.419. The zero-order valence-electron chi connectivity index (χ0n) is 9.27. The predicted octanol–water partition coefficient (Wildman–Crippen LogP) is 2.92. The number of hydrogen-bond donors (Lipinski definition) is 1. The van der Waals surface area contributed by atoms with Gasteiger partial charge >= 0.3 is 0 Å². The van der Waals surface area contributed by atoms with Crippen molar-refractivity contribution in [1.29, 1.82) is 0 Å². The first-order valence-corrected chi connectivity index (χ1v) is 7.27. The number of nitrogens with zero attached hydrogens (tertiary/aromatic N) is 1. The first-order valence-electron chi connectivity index (χ1n) is 4.99. The molecule has 0 aliphatic carbocycles. The van der Waals surface area contributed by atoms with Crippen molar-refractivity contribution in [2.24, 2.45) is 0 Å². The fourth-order valence-corrected chi connectivity index (χ4v) is 3.41. The summed E-state index contributed by atoms with van der Waals surface area (Å²) in [4.78, 5) is 2.85. The molecule has 1 aromatic carbocycles. The average molecular weight is 349 g/mol. The molecular weight excluding hydrogens is 342 g/mol. The lowest BCUT2D eigenvalue weighted by Gasteiger charge is -2.09. The van der Waals surface area contributed by atoms with E-state index in [4.69, 9.17) is 0 Å². The number of benzene rings is 1. The lowest BCUT2D eigenvalue weighted by molar-refractivity contribution is 0.515. The maximum atomic E-state index is 13.3. The van der Waals surface area contributed by atoms with Crippen LogP contribution in [-0.2, 0) is 10.0 Å². The Labute approximate surface area is 116 Å². The maximum absolute atomic E-state index is 13.3. The molecule has 0 unspecified atom stereocenters. The van der Waals surface area contributed by atoms with Gasteiger partial charge in [-0.2, -0.15) is 13.8 Å². The molecular formula is C11H7BrF2N2O2S. The van der Waals surface area contributed by atoms with Gasteiger partial charge < -0.3 is 0 Å². The van der Waals surface area contributed by atoms with Gasteiger partial charge in [0, 0.05) is 4.47 Å². The van der Waals surface area contributed by atoms with E-state index in [1.807, 2.05) is 4.72 Å². The van der Waals surface area contributed by atoms with Crippen molar-refractivity contribution in [3.05, 3.63) is 52.8 Å². The topological polar surface area (TPSA) is 59.1 Å². The highest BCUT2D eigenvalue weighted by Gasteiger charge is 2.19. The predicted molar refractivity (Wildman–Crippen MR) is 69.1 cm³/mol. The standard InChI is InChI=1S/C11H7BrF2N2O2S/c12-7-3-1-2-4-9(7)19(17,18)16-8-5-6-10(13)15-11(8)14/h1-6,16H. The van der Waals surface area contributed by atoms with E-state index >= 15 is 0 Å². The Balaban J connectivity index is 2.40. The van der Waals surface area contributed by atoms with Gasteiger partial charge in [-0.3, -0.25) is 4.72 Å². The molecule has 0 saturated heterocycles. The summed E-state index contributed by atoms with van der Waals surface area (Å²) < 4.78 is 52.3. The second-order valence-corrected chi connectivity index (χ2v) is 6.01. The quantitative estimate of drug-likeness (QED) is 0.867. The van der Waals surface area contributed by atoms with Crippen LogP contribution >= 0.6 is 15.9 Å². The third kappa shape index (κ3) is 3.07. The third-order valence-electron chi connectivity index (χ3n) is 2.19. The molecule has 2 aromatic rings. The summed E-state index contributed by atoms with van der Waals surface area (Å²) in [5, 5.41) is 0. The van der Waals surface area contributed by atoms with Crippen LogP contribution in [0.15, 0.2) is 45.8 Å². The number of halogens is 3. The maximum Gasteiger partial charge on any atom is 0.263 e. The van der Waals surface area contributed by atoms with Gasteiger partial charge in [0.1, 0.15) is 10.6 Å². The molecule has 8 heteroatoms. The smallest absolute Gasteiger partial charge is 0.263 e. The Kier molecular flexibility index (Phi) is 3.81. The molecule has 4 nitrogen and oxygen atoms in total. The SMILES string of the molecule is O=S(=O)(Nc1ccc(F)nc1F)c1ccccc1Br. The minimum absolute atomic E-state index is 0.0567. The van der Waals surface area contributed by atoms with Crippen molar-refractivity contribution in [3.8, 4) is 0 Å². The summed E-state index contributed by atoms with van der Waals surface area (Å²) in [6, 6.07) is 7.88. The summed E-state index contributed by atoms with van der Waals surface area (Å²) in [6.45, 7) is 0. The van der Waals surface area contributed by atoms with Gasteiger partial charge in [-0.25, -0.2) is 8.42 Å². The average Bonchev–Trinajstić information content (AvgIpc) is 2.33. The molecule has 19 heavy (non-hydrogen) atoms. The zero-order chi connectivity index (χ0) is 14.0. The van der Waals surface area contributed by atoms with Gasteiger partial charge in [-0.15, -0.1) is 0 Å². The van der Waals surface area contributed by atoms with Gasteiger partial charge in [0.2, 0.25) is 11.9 Å². The summed E-state index contributed by atoms with van der Waals surface area (Å²) in [6.07, 6.45) is 0. The molecule has 0 radical (unpaired) electrons. The molecule has 0 bridgehead atoms. The van der Waals surface area contributed by atoms with Gasteiger partial charge in [0.15, 0.2) is 0 Å². The van der Waals surface area contributed by atoms with E-state index in [1.165, 1.54) is 18.2 Å². The Morgan fingerprint density at radius 1 is 1.11 bits per heavy atom. The summed E-state index contributed by atoms with van der Waals surface area (Å²) in [7, 11) is -3.98. The molecule has 1 aromatic heterocycles. The zero-order valence-corrected chi connectivity index (χ0v) is 11.7. The number of aromatic nitrogens is 1. The minimum Gasteiger partial charge on any atom is -0.275 e. The number of hydrogen-bond acceptors (Lipinski definition) is 3. The van der Waals surface area contributed by atoms with Crippen molar-refractivity contribution in [2.45, 2.75) is 4.90 Å². The molecule has 0 spiro atoms. The van der Waals surface area contributed by atoms with Crippen molar-refractivity contribution in [1.82, 2.24) is 4.98 Å². The van der Waals surface area contributed by atoms with Crippen molar-refractivity contribution < 1.29 is 17.2 Å². The van der Waals surface area contributed by atoms with Crippen molar-refractivity contribution in [3.63, 3.8) is 0 Å². The number of pyridine rings is 1. The third-order valence-corrected chi connectivity index (χ3v) is 4.56. The van der Waals surface area contributed by atoms with E-state index in [2.05, 4.69) is 20.9 Å². The van der Waals surface area contributed by atoms with E-state index in [9.17, 15) is 17.2 Å². The second kappa shape index (κ2) is 5.22. The molecule has 0 saturated carbocycles. The van der Waals surface area contributed by atoms with E-state index < -0.39 is 27.6 Å². The Morgan fingerprint density at radius 2 is 1.79 bits per heavy atom. The molecule has 1 heterocycles. The van der Waals surface area contributed by atoms with Gasteiger partial charge in [0.05, 0.1) is 0 Å². The van der Waals surface area contributed by atoms with Gasteiger partial charge in [-0.05, 0) is 40.2 Å². The highest BCUT2D eigenvalue weighted by atomic mass is 79.9. The summed E-state index contributed by atoms with van der Waals surface area (Å²) >= 11 is 3.09. The molecule has 1 N–H and O–H groups in total. The highest BCUT2D eigenvalue weighted by Crippen LogP contribution is 2.24. The van der Waals surface area contributed by atoms with Crippen molar-refractivity contribution in [2.75, 3.05) is 4.72 Å². The van der Waals surface area contributed by atoms with Crippen LogP contribution in [0.1, 0.15) is 0 Å². The van der Waals surface area contributed by atoms with Crippen LogP contribution in [0, 0.1) is 11.9 Å². The van der Waals surface area contributed by atoms with Gasteiger partial charge in [0.25, 0.3) is 10.0 Å². The highest BCUT2D eigenvalue weighted by molar-refractivity contribution is 9.10. The molecule has 0 atom stereocenters. The number of rotatable bonds is 3. The number of nitrogens with one attached hydrogen (secondary N) is 1. The normalized spacial score (nSPS) is 11.3. The van der Waals surface area contributed by atoms with Crippen LogP contribution in [0.3, 0.4) is 0 Å². The Hall–Kier alpha value is -1.54. The molecule has 0 aliphatic rings. The number of anilines is 1. The first kappa shape index (κ1) is 13.9. The Bertz CT molecular complexity index is 722. The van der Waals surface area contributed by atoms with Gasteiger partial charge in [-0.1, -0.05) is 12.1 Å².